The summed E-state index contributed by atoms with van der Waals surface area (Å²) in [5, 5.41) is 3.43. The second-order valence-electron chi connectivity index (χ2n) is 3.40. The van der Waals surface area contributed by atoms with Gasteiger partial charge >= 0.3 is 0 Å². The molecule has 2 heterocycles. The Labute approximate surface area is 87.4 Å². The second kappa shape index (κ2) is 3.98. The minimum absolute atomic E-state index is 0.553. The van der Waals surface area contributed by atoms with Crippen molar-refractivity contribution in [1.29, 1.82) is 0 Å². The molecule has 0 aromatic carbocycles. The third-order valence-electron chi connectivity index (χ3n) is 2.32. The molecular weight excluding hydrogens is 200 g/mol. The van der Waals surface area contributed by atoms with Crippen LogP contribution in [0.5, 0.6) is 0 Å². The lowest BCUT2D eigenvalue weighted by atomic mass is 10.3. The summed E-state index contributed by atoms with van der Waals surface area (Å²) in [7, 11) is 2.20. The van der Waals surface area contributed by atoms with Crippen LogP contribution in [-0.4, -0.2) is 35.0 Å². The van der Waals surface area contributed by atoms with Crippen molar-refractivity contribution in [3.8, 4) is 0 Å². The molecule has 1 aliphatic rings. The van der Waals surface area contributed by atoms with Gasteiger partial charge < -0.3 is 0 Å². The van der Waals surface area contributed by atoms with Crippen molar-refractivity contribution in [1.82, 2.24) is 9.88 Å². The van der Waals surface area contributed by atoms with Gasteiger partial charge in [-0.2, -0.15) is 11.8 Å². The first-order valence-corrected chi connectivity index (χ1v) is 6.51. The largest absolute Gasteiger partial charge is 0.296 e. The minimum Gasteiger partial charge on any atom is -0.296 e. The smallest absolute Gasteiger partial charge is 0.111 e. The summed E-state index contributed by atoms with van der Waals surface area (Å²) in [6, 6.07) is 0.553. The molecule has 72 valence electrons. The van der Waals surface area contributed by atoms with E-state index in [9.17, 15) is 0 Å². The molecule has 13 heavy (non-hydrogen) atoms. The maximum atomic E-state index is 4.55. The summed E-state index contributed by atoms with van der Waals surface area (Å²) in [5.41, 5.74) is 1.16. The van der Waals surface area contributed by atoms with Crippen LogP contribution in [0.4, 0.5) is 0 Å². The molecule has 1 aliphatic heterocycles. The van der Waals surface area contributed by atoms with E-state index < -0.39 is 0 Å². The van der Waals surface area contributed by atoms with Gasteiger partial charge in [-0.3, -0.25) is 4.90 Å². The fraction of sp³-hybridized carbons (Fsp3) is 0.667. The number of thioether (sulfide) groups is 1. The molecule has 4 heteroatoms. The quantitative estimate of drug-likeness (QED) is 0.713. The highest BCUT2D eigenvalue weighted by Gasteiger charge is 2.23. The highest BCUT2D eigenvalue weighted by Crippen LogP contribution is 2.29. The van der Waals surface area contributed by atoms with Crippen LogP contribution in [0.2, 0.25) is 0 Å². The molecule has 0 saturated carbocycles. The van der Waals surface area contributed by atoms with E-state index in [4.69, 9.17) is 0 Å². The Kier molecular flexibility index (Phi) is 2.91. The van der Waals surface area contributed by atoms with Crippen LogP contribution in [0.3, 0.4) is 0 Å². The number of hydrogen-bond acceptors (Lipinski definition) is 4. The molecular formula is C9H14N2S2. The summed E-state index contributed by atoms with van der Waals surface area (Å²) in [4.78, 5) is 6.96. The van der Waals surface area contributed by atoms with Crippen LogP contribution in [-0.2, 0) is 0 Å². The molecule has 1 atom stereocenters. The maximum Gasteiger partial charge on any atom is 0.111 e. The van der Waals surface area contributed by atoms with Gasteiger partial charge in [0.15, 0.2) is 0 Å². The van der Waals surface area contributed by atoms with Gasteiger partial charge in [-0.15, -0.1) is 11.3 Å². The van der Waals surface area contributed by atoms with Crippen molar-refractivity contribution < 1.29 is 0 Å². The first kappa shape index (κ1) is 9.49. The van der Waals surface area contributed by atoms with Gasteiger partial charge in [-0.05, 0) is 14.0 Å². The van der Waals surface area contributed by atoms with E-state index in [2.05, 4.69) is 29.2 Å². The second-order valence-corrected chi connectivity index (χ2v) is 5.44. The Morgan fingerprint density at radius 2 is 2.46 bits per heavy atom. The molecule has 1 saturated heterocycles. The average molecular weight is 214 g/mol. The van der Waals surface area contributed by atoms with E-state index in [1.54, 1.807) is 11.3 Å². The Bertz CT molecular complexity index is 285. The van der Waals surface area contributed by atoms with Gasteiger partial charge in [0.05, 0.1) is 6.04 Å². The molecule has 0 N–H and O–H groups in total. The van der Waals surface area contributed by atoms with Gasteiger partial charge in [0.1, 0.15) is 5.01 Å². The number of aryl methyl sites for hydroxylation is 1. The van der Waals surface area contributed by atoms with E-state index >= 15 is 0 Å². The fourth-order valence-corrected chi connectivity index (χ4v) is 3.76. The van der Waals surface area contributed by atoms with Gasteiger partial charge in [-0.1, -0.05) is 0 Å². The van der Waals surface area contributed by atoms with Crippen LogP contribution in [0.1, 0.15) is 16.7 Å². The lowest BCUT2D eigenvalue weighted by Crippen LogP contribution is -2.32. The van der Waals surface area contributed by atoms with Crippen LogP contribution in [0, 0.1) is 6.92 Å². The van der Waals surface area contributed by atoms with E-state index in [0.29, 0.717) is 6.04 Å². The standard InChI is InChI=1S/C9H14N2S2/c1-7-5-13-9(10-7)8-6-12-4-3-11(8)2/h5,8H,3-4,6H2,1-2H3. The number of thiazole rings is 1. The van der Waals surface area contributed by atoms with E-state index in [-0.39, 0.29) is 0 Å². The Morgan fingerprint density at radius 3 is 3.08 bits per heavy atom. The van der Waals surface area contributed by atoms with Crippen molar-refractivity contribution in [2.45, 2.75) is 13.0 Å². The minimum atomic E-state index is 0.553. The van der Waals surface area contributed by atoms with Crippen LogP contribution in [0.25, 0.3) is 0 Å². The number of aromatic nitrogens is 1. The molecule has 0 radical (unpaired) electrons. The number of rotatable bonds is 1. The predicted molar refractivity (Wildman–Crippen MR) is 59.5 cm³/mol. The molecule has 1 aromatic rings. The zero-order valence-electron chi connectivity index (χ0n) is 7.99. The first-order valence-electron chi connectivity index (χ1n) is 4.47. The van der Waals surface area contributed by atoms with Crippen LogP contribution >= 0.6 is 23.1 Å². The number of nitrogens with zero attached hydrogens (tertiary/aromatic N) is 2. The topological polar surface area (TPSA) is 16.1 Å². The van der Waals surface area contributed by atoms with Crippen molar-refractivity contribution in [2.24, 2.45) is 0 Å². The maximum absolute atomic E-state index is 4.55. The van der Waals surface area contributed by atoms with Crippen molar-refractivity contribution >= 4 is 23.1 Å². The fourth-order valence-electron chi connectivity index (χ4n) is 1.47. The normalized spacial score (nSPS) is 24.9. The van der Waals surface area contributed by atoms with Crippen molar-refractivity contribution in [3.05, 3.63) is 16.1 Å². The molecule has 0 amide bonds. The van der Waals surface area contributed by atoms with E-state index in [1.807, 2.05) is 11.8 Å². The highest BCUT2D eigenvalue weighted by atomic mass is 32.2. The van der Waals surface area contributed by atoms with Crippen LogP contribution < -0.4 is 0 Å². The van der Waals surface area contributed by atoms with Gasteiger partial charge in [0, 0.05) is 29.1 Å². The molecule has 1 aromatic heterocycles. The van der Waals surface area contributed by atoms with Crippen molar-refractivity contribution in [3.63, 3.8) is 0 Å². The summed E-state index contributed by atoms with van der Waals surface area (Å²) < 4.78 is 0. The average Bonchev–Trinajstić information content (AvgIpc) is 2.53. The Hall–Kier alpha value is -0.0600. The molecule has 0 spiro atoms. The molecule has 1 fully saturated rings. The van der Waals surface area contributed by atoms with Crippen LogP contribution in [0.15, 0.2) is 5.38 Å². The third kappa shape index (κ3) is 2.06. The first-order chi connectivity index (χ1) is 6.27. The third-order valence-corrected chi connectivity index (χ3v) is 4.40. The van der Waals surface area contributed by atoms with Gasteiger partial charge in [-0.25, -0.2) is 4.98 Å². The predicted octanol–water partition coefficient (Wildman–Crippen LogP) is 2.17. The zero-order chi connectivity index (χ0) is 9.26. The molecule has 0 aliphatic carbocycles. The van der Waals surface area contributed by atoms with Gasteiger partial charge in [0.25, 0.3) is 0 Å². The summed E-state index contributed by atoms with van der Waals surface area (Å²) in [6.07, 6.45) is 0. The molecule has 2 nitrogen and oxygen atoms in total. The lowest BCUT2D eigenvalue weighted by Gasteiger charge is -2.30. The molecule has 1 unspecified atom stereocenters. The molecule has 0 bridgehead atoms. The SMILES string of the molecule is Cc1csc(C2CSCCN2C)n1. The van der Waals surface area contributed by atoms with Gasteiger partial charge in [0.2, 0.25) is 0 Å². The van der Waals surface area contributed by atoms with E-state index in [1.165, 1.54) is 23.1 Å². The monoisotopic (exact) mass is 214 g/mol. The lowest BCUT2D eigenvalue weighted by molar-refractivity contribution is 0.274. The summed E-state index contributed by atoms with van der Waals surface area (Å²) in [6.45, 7) is 3.25. The van der Waals surface area contributed by atoms with E-state index in [0.717, 1.165) is 5.69 Å². The Morgan fingerprint density at radius 1 is 1.62 bits per heavy atom. The number of hydrogen-bond donors (Lipinski definition) is 0. The summed E-state index contributed by atoms with van der Waals surface area (Å²) in [5.74, 6) is 2.46. The Balaban J connectivity index is 2.14. The highest BCUT2D eigenvalue weighted by molar-refractivity contribution is 7.99. The molecule has 2 rings (SSSR count). The summed E-state index contributed by atoms with van der Waals surface area (Å²) >= 11 is 3.83. The zero-order valence-corrected chi connectivity index (χ0v) is 9.62. The van der Waals surface area contributed by atoms with Crippen molar-refractivity contribution in [2.75, 3.05) is 25.1 Å².